The molecule has 24 heavy (non-hydrogen) atoms. The Morgan fingerprint density at radius 2 is 2.04 bits per heavy atom. The van der Waals surface area contributed by atoms with E-state index in [1.54, 1.807) is 24.4 Å². The number of esters is 1. The van der Waals surface area contributed by atoms with Gasteiger partial charge in [0, 0.05) is 16.8 Å². The van der Waals surface area contributed by atoms with Gasteiger partial charge in [-0.15, -0.1) is 0 Å². The number of hydrogen-bond acceptors (Lipinski definition) is 5. The fourth-order valence-electron chi connectivity index (χ4n) is 2.01. The molecule has 126 valence electrons. The van der Waals surface area contributed by atoms with Crippen molar-refractivity contribution in [2.75, 3.05) is 20.3 Å². The largest absolute Gasteiger partial charge is 0.491 e. The van der Waals surface area contributed by atoms with E-state index in [0.717, 1.165) is 11.1 Å². The number of ether oxygens (including phenoxy) is 2. The number of aromatic nitrogens is 1. The first-order chi connectivity index (χ1) is 11.5. The van der Waals surface area contributed by atoms with E-state index in [1.807, 2.05) is 19.1 Å². The average molecular weight is 349 g/mol. The molecule has 0 spiro atoms. The van der Waals surface area contributed by atoms with E-state index < -0.39 is 11.9 Å². The summed E-state index contributed by atoms with van der Waals surface area (Å²) in [5, 5.41) is 3.04. The minimum Gasteiger partial charge on any atom is -0.491 e. The van der Waals surface area contributed by atoms with Crippen LogP contribution in [-0.4, -0.2) is 37.1 Å². The monoisotopic (exact) mass is 348 g/mol. The maximum absolute atomic E-state index is 12.2. The van der Waals surface area contributed by atoms with Crippen molar-refractivity contribution in [3.05, 3.63) is 47.2 Å². The molecule has 0 unspecified atom stereocenters. The van der Waals surface area contributed by atoms with Gasteiger partial charge in [0.1, 0.15) is 6.54 Å². The van der Waals surface area contributed by atoms with E-state index in [2.05, 4.69) is 15.0 Å². The van der Waals surface area contributed by atoms with Crippen LogP contribution in [0.15, 0.2) is 36.5 Å². The Labute approximate surface area is 144 Å². The highest BCUT2D eigenvalue weighted by Gasteiger charge is 2.17. The zero-order valence-corrected chi connectivity index (χ0v) is 14.1. The molecule has 1 aromatic carbocycles. The normalized spacial score (nSPS) is 10.1. The predicted molar refractivity (Wildman–Crippen MR) is 90.2 cm³/mol. The highest BCUT2D eigenvalue weighted by molar-refractivity contribution is 6.30. The van der Waals surface area contributed by atoms with Gasteiger partial charge in [0.25, 0.3) is 5.91 Å². The van der Waals surface area contributed by atoms with Gasteiger partial charge in [-0.2, -0.15) is 0 Å². The summed E-state index contributed by atoms with van der Waals surface area (Å²) >= 11 is 6.00. The van der Waals surface area contributed by atoms with Crippen LogP contribution < -0.4 is 10.1 Å². The molecule has 0 saturated heterocycles. The first-order valence-electron chi connectivity index (χ1n) is 7.29. The Morgan fingerprint density at radius 3 is 2.71 bits per heavy atom. The van der Waals surface area contributed by atoms with Crippen molar-refractivity contribution in [2.24, 2.45) is 0 Å². The molecule has 0 atom stereocenters. The molecule has 6 nitrogen and oxygen atoms in total. The van der Waals surface area contributed by atoms with Gasteiger partial charge in [-0.1, -0.05) is 23.7 Å². The van der Waals surface area contributed by atoms with Gasteiger partial charge in [0.15, 0.2) is 11.4 Å². The van der Waals surface area contributed by atoms with Crippen LogP contribution in [0.4, 0.5) is 0 Å². The molecular weight excluding hydrogens is 332 g/mol. The number of carbonyl (C=O) groups excluding carboxylic acids is 2. The lowest BCUT2D eigenvalue weighted by Gasteiger charge is -2.11. The van der Waals surface area contributed by atoms with Crippen molar-refractivity contribution in [3.63, 3.8) is 0 Å². The summed E-state index contributed by atoms with van der Waals surface area (Å²) in [6.07, 6.45) is 1.56. The van der Waals surface area contributed by atoms with Crippen LogP contribution in [0.5, 0.6) is 5.75 Å². The van der Waals surface area contributed by atoms with Crippen LogP contribution in [-0.2, 0) is 9.53 Å². The van der Waals surface area contributed by atoms with E-state index in [0.29, 0.717) is 17.4 Å². The van der Waals surface area contributed by atoms with Gasteiger partial charge < -0.3 is 14.8 Å². The molecule has 7 heteroatoms. The van der Waals surface area contributed by atoms with Crippen molar-refractivity contribution in [1.29, 1.82) is 0 Å². The molecule has 1 aromatic heterocycles. The standard InChI is InChI=1S/C17H17ClN2O4/c1-3-24-14-8-12(11-5-4-6-13(18)7-11)9-19-16(14)17(22)20-10-15(21)23-2/h4-9H,3,10H2,1-2H3,(H,20,22). The summed E-state index contributed by atoms with van der Waals surface area (Å²) in [6, 6.07) is 9.00. The van der Waals surface area contributed by atoms with Crippen LogP contribution in [0.3, 0.4) is 0 Å². The lowest BCUT2D eigenvalue weighted by Crippen LogP contribution is -2.31. The predicted octanol–water partition coefficient (Wildman–Crippen LogP) is 2.70. The van der Waals surface area contributed by atoms with Gasteiger partial charge in [0.05, 0.1) is 13.7 Å². The summed E-state index contributed by atoms with van der Waals surface area (Å²) in [7, 11) is 1.25. The molecule has 0 bridgehead atoms. The number of halogens is 1. The van der Waals surface area contributed by atoms with Crippen molar-refractivity contribution in [3.8, 4) is 16.9 Å². The molecule has 2 aromatic rings. The molecular formula is C17H17ClN2O4. The van der Waals surface area contributed by atoms with Gasteiger partial charge in [-0.25, -0.2) is 4.98 Å². The first-order valence-corrected chi connectivity index (χ1v) is 7.66. The fourth-order valence-corrected chi connectivity index (χ4v) is 2.21. The van der Waals surface area contributed by atoms with E-state index in [1.165, 1.54) is 7.11 Å². The fraction of sp³-hybridized carbons (Fsp3) is 0.235. The maximum atomic E-state index is 12.2. The van der Waals surface area contributed by atoms with Crippen molar-refractivity contribution >= 4 is 23.5 Å². The van der Waals surface area contributed by atoms with Crippen LogP contribution in [0.25, 0.3) is 11.1 Å². The zero-order chi connectivity index (χ0) is 17.5. The number of hydrogen-bond donors (Lipinski definition) is 1. The van der Waals surface area contributed by atoms with Gasteiger partial charge in [-0.3, -0.25) is 9.59 Å². The van der Waals surface area contributed by atoms with Crippen molar-refractivity contribution in [1.82, 2.24) is 10.3 Å². The third kappa shape index (κ3) is 4.45. The molecule has 0 radical (unpaired) electrons. The second kappa shape index (κ2) is 8.31. The molecule has 1 heterocycles. The van der Waals surface area contributed by atoms with Crippen LogP contribution in [0.1, 0.15) is 17.4 Å². The Kier molecular flexibility index (Phi) is 6.14. The molecule has 2 rings (SSSR count). The highest BCUT2D eigenvalue weighted by atomic mass is 35.5. The lowest BCUT2D eigenvalue weighted by molar-refractivity contribution is -0.139. The number of methoxy groups -OCH3 is 1. The second-order valence-corrected chi connectivity index (χ2v) is 5.21. The highest BCUT2D eigenvalue weighted by Crippen LogP contribution is 2.27. The smallest absolute Gasteiger partial charge is 0.325 e. The summed E-state index contributed by atoms with van der Waals surface area (Å²) < 4.78 is 10.00. The average Bonchev–Trinajstić information content (AvgIpc) is 2.59. The number of nitrogens with zero attached hydrogens (tertiary/aromatic N) is 1. The minimum absolute atomic E-state index is 0.103. The molecule has 0 aliphatic carbocycles. The number of pyridine rings is 1. The number of nitrogens with one attached hydrogen (secondary N) is 1. The Morgan fingerprint density at radius 1 is 1.25 bits per heavy atom. The van der Waals surface area contributed by atoms with E-state index >= 15 is 0 Å². The van der Waals surface area contributed by atoms with Crippen LogP contribution in [0, 0.1) is 0 Å². The Balaban J connectivity index is 2.29. The van der Waals surface area contributed by atoms with Crippen LogP contribution in [0.2, 0.25) is 5.02 Å². The molecule has 0 aliphatic heterocycles. The first kappa shape index (κ1) is 17.7. The third-order valence-corrected chi connectivity index (χ3v) is 3.38. The SMILES string of the molecule is CCOc1cc(-c2cccc(Cl)c2)cnc1C(=O)NCC(=O)OC. The van der Waals surface area contributed by atoms with Gasteiger partial charge >= 0.3 is 5.97 Å². The number of carbonyl (C=O) groups is 2. The zero-order valence-electron chi connectivity index (χ0n) is 13.3. The molecule has 1 N–H and O–H groups in total. The molecule has 1 amide bonds. The number of benzene rings is 1. The van der Waals surface area contributed by atoms with E-state index in [9.17, 15) is 9.59 Å². The summed E-state index contributed by atoms with van der Waals surface area (Å²) in [5.41, 5.74) is 1.73. The Bertz CT molecular complexity index is 749. The number of amides is 1. The molecule has 0 aliphatic rings. The second-order valence-electron chi connectivity index (χ2n) is 4.77. The Hall–Kier alpha value is -2.60. The summed E-state index contributed by atoms with van der Waals surface area (Å²) in [5.74, 6) is -0.726. The third-order valence-electron chi connectivity index (χ3n) is 3.15. The van der Waals surface area contributed by atoms with Gasteiger partial charge in [-0.05, 0) is 30.7 Å². The van der Waals surface area contributed by atoms with E-state index in [-0.39, 0.29) is 12.2 Å². The minimum atomic E-state index is -0.545. The van der Waals surface area contributed by atoms with E-state index in [4.69, 9.17) is 16.3 Å². The maximum Gasteiger partial charge on any atom is 0.325 e. The van der Waals surface area contributed by atoms with Gasteiger partial charge in [0.2, 0.25) is 0 Å². The lowest BCUT2D eigenvalue weighted by atomic mass is 10.1. The number of rotatable bonds is 6. The summed E-state index contributed by atoms with van der Waals surface area (Å²) in [6.45, 7) is 1.94. The topological polar surface area (TPSA) is 77.5 Å². The molecule has 0 saturated carbocycles. The summed E-state index contributed by atoms with van der Waals surface area (Å²) in [4.78, 5) is 27.5. The molecule has 0 fully saturated rings. The quantitative estimate of drug-likeness (QED) is 0.812. The van der Waals surface area contributed by atoms with Crippen molar-refractivity contribution in [2.45, 2.75) is 6.92 Å². The van der Waals surface area contributed by atoms with Crippen LogP contribution >= 0.6 is 11.6 Å². The van der Waals surface area contributed by atoms with Crippen molar-refractivity contribution < 1.29 is 19.1 Å².